The van der Waals surface area contributed by atoms with Crippen LogP contribution >= 0.6 is 0 Å². The lowest BCUT2D eigenvalue weighted by Crippen LogP contribution is -2.26. The standard InChI is InChI=1S/C28H30F3NO5/c1-4-26(2,3)24-10-17-9-16(20(29)13-21(17)32(24)14-19(34)15-33)11-25(35)27(7-8-27)18-5-6-22-23(12-18)37-28(30,31)36-22/h5-6,9-10,12-13,19,33-34H,4,7-8,11,14-15H2,1-3H3/t19-/m0/s1/i14D2,15D2,19D. The molecule has 2 heterocycles. The Morgan fingerprint density at radius 1 is 1.22 bits per heavy atom. The molecule has 0 spiro atoms. The molecule has 1 fully saturated rings. The zero-order chi connectivity index (χ0) is 31.3. The molecule has 5 rings (SSSR count). The number of nitrogens with zero attached hydrogens (tertiary/aromatic N) is 1. The van der Waals surface area contributed by atoms with Crippen molar-refractivity contribution in [2.45, 2.75) is 76.2 Å². The summed E-state index contributed by atoms with van der Waals surface area (Å²) in [6.07, 6.45) is -6.58. The van der Waals surface area contributed by atoms with Gasteiger partial charge in [-0.1, -0.05) is 26.8 Å². The van der Waals surface area contributed by atoms with E-state index in [0.29, 0.717) is 24.8 Å². The number of halogens is 3. The van der Waals surface area contributed by atoms with Crippen molar-refractivity contribution in [2.24, 2.45) is 0 Å². The number of carbonyl (C=O) groups excluding carboxylic acids is 1. The molecule has 0 saturated heterocycles. The molecule has 0 unspecified atom stereocenters. The molecule has 1 aliphatic heterocycles. The topological polar surface area (TPSA) is 80.9 Å². The van der Waals surface area contributed by atoms with Crippen LogP contribution in [-0.4, -0.2) is 39.5 Å². The number of carbonyl (C=O) groups is 1. The van der Waals surface area contributed by atoms with E-state index in [1.54, 1.807) is 13.8 Å². The van der Waals surface area contributed by atoms with Crippen molar-refractivity contribution in [1.82, 2.24) is 4.57 Å². The van der Waals surface area contributed by atoms with E-state index in [4.69, 9.17) is 6.85 Å². The number of aromatic nitrogens is 1. The van der Waals surface area contributed by atoms with Crippen LogP contribution in [0.2, 0.25) is 0 Å². The Bertz CT molecular complexity index is 1590. The SMILES string of the molecule is [2H]C([2H])(O)[C@@]([2H])(O)C([2H])([2H])n1c(C(C)(C)CC)cc2cc(CC(=O)C3(c4ccc5c(c4)OC(F)(F)O5)CC3)c(F)cc21. The molecule has 6 nitrogen and oxygen atoms in total. The summed E-state index contributed by atoms with van der Waals surface area (Å²) in [5.74, 6) is -1.60. The van der Waals surface area contributed by atoms with E-state index in [1.165, 1.54) is 30.3 Å². The lowest BCUT2D eigenvalue weighted by atomic mass is 9.86. The van der Waals surface area contributed by atoms with Gasteiger partial charge in [0.2, 0.25) is 0 Å². The Kier molecular flexibility index (Phi) is 4.74. The summed E-state index contributed by atoms with van der Waals surface area (Å²) in [5, 5.41) is 20.7. The molecular weight excluding hydrogens is 487 g/mol. The molecule has 198 valence electrons. The van der Waals surface area contributed by atoms with Crippen molar-refractivity contribution in [3.63, 3.8) is 0 Å². The third-order valence-corrected chi connectivity index (χ3v) is 7.46. The molecule has 1 saturated carbocycles. The van der Waals surface area contributed by atoms with Gasteiger partial charge >= 0.3 is 6.29 Å². The van der Waals surface area contributed by atoms with E-state index in [0.717, 1.165) is 10.6 Å². The molecule has 1 aliphatic carbocycles. The van der Waals surface area contributed by atoms with E-state index in [9.17, 15) is 23.8 Å². The van der Waals surface area contributed by atoms with E-state index >= 15 is 4.39 Å². The number of Topliss-reactive ketones (excluding diaryl/α,β-unsaturated/α-hetero) is 1. The molecule has 2 aromatic carbocycles. The molecule has 0 radical (unpaired) electrons. The first-order chi connectivity index (χ1) is 19.2. The van der Waals surface area contributed by atoms with Crippen LogP contribution in [0, 0.1) is 5.82 Å². The second kappa shape index (κ2) is 8.77. The number of fused-ring (bicyclic) bond motifs is 2. The molecule has 0 bridgehead atoms. The maximum atomic E-state index is 15.6. The Hall–Kier alpha value is -3.04. The van der Waals surface area contributed by atoms with Crippen molar-refractivity contribution in [3.8, 4) is 11.5 Å². The average molecular weight is 523 g/mol. The van der Waals surface area contributed by atoms with Gasteiger partial charge < -0.3 is 24.3 Å². The van der Waals surface area contributed by atoms with Gasteiger partial charge in [0.15, 0.2) is 11.5 Å². The predicted molar refractivity (Wildman–Crippen MR) is 131 cm³/mol. The lowest BCUT2D eigenvalue weighted by molar-refractivity contribution is -0.286. The Balaban J connectivity index is 1.55. The van der Waals surface area contributed by atoms with Gasteiger partial charge in [0.25, 0.3) is 0 Å². The first-order valence-corrected chi connectivity index (χ1v) is 11.9. The fourth-order valence-electron chi connectivity index (χ4n) is 4.79. The fourth-order valence-corrected chi connectivity index (χ4v) is 4.79. The summed E-state index contributed by atoms with van der Waals surface area (Å²) < 4.78 is 92.5. The molecule has 37 heavy (non-hydrogen) atoms. The van der Waals surface area contributed by atoms with Crippen LogP contribution in [0.4, 0.5) is 13.2 Å². The molecule has 2 N–H and O–H groups in total. The smallest absolute Gasteiger partial charge is 0.395 e. The molecule has 9 heteroatoms. The first-order valence-electron chi connectivity index (χ1n) is 14.4. The van der Waals surface area contributed by atoms with Crippen molar-refractivity contribution < 1.29 is 44.5 Å². The number of ketones is 1. The molecule has 1 aromatic heterocycles. The zero-order valence-corrected chi connectivity index (χ0v) is 20.5. The highest BCUT2D eigenvalue weighted by atomic mass is 19.3. The number of ether oxygens (including phenoxy) is 2. The zero-order valence-electron chi connectivity index (χ0n) is 25.5. The maximum Gasteiger partial charge on any atom is 0.586 e. The van der Waals surface area contributed by atoms with Crippen molar-refractivity contribution in [2.75, 3.05) is 6.56 Å². The van der Waals surface area contributed by atoms with Gasteiger partial charge in [0.05, 0.1) is 36.9 Å². The number of alkyl halides is 2. The largest absolute Gasteiger partial charge is 0.586 e. The molecular formula is C28H30F3NO5. The summed E-state index contributed by atoms with van der Waals surface area (Å²) in [6.45, 7) is -1.64. The van der Waals surface area contributed by atoms with Gasteiger partial charge in [-0.25, -0.2) is 4.39 Å². The minimum absolute atomic E-state index is 0.0109. The van der Waals surface area contributed by atoms with Gasteiger partial charge in [-0.2, -0.15) is 0 Å². The van der Waals surface area contributed by atoms with E-state index in [-0.39, 0.29) is 45.9 Å². The quantitative estimate of drug-likeness (QED) is 0.414. The molecule has 0 amide bonds. The fraction of sp³-hybridized carbons (Fsp3) is 0.464. The van der Waals surface area contributed by atoms with Crippen LogP contribution in [0.1, 0.15) is 63.7 Å². The number of benzene rings is 2. The van der Waals surface area contributed by atoms with Gasteiger partial charge in [0, 0.05) is 22.9 Å². The summed E-state index contributed by atoms with van der Waals surface area (Å²) in [5.41, 5.74) is -1.30. The predicted octanol–water partition coefficient (Wildman–Crippen LogP) is 4.99. The summed E-state index contributed by atoms with van der Waals surface area (Å²) in [4.78, 5) is 13.5. The highest BCUT2D eigenvalue weighted by molar-refractivity contribution is 5.95. The van der Waals surface area contributed by atoms with Gasteiger partial charge in [-0.15, -0.1) is 8.78 Å². The van der Waals surface area contributed by atoms with Gasteiger partial charge in [-0.05, 0) is 60.7 Å². The third kappa shape index (κ3) is 4.48. The van der Waals surface area contributed by atoms with E-state index in [1.807, 2.05) is 6.92 Å². The number of hydrogen-bond acceptors (Lipinski definition) is 5. The molecule has 3 aromatic rings. The van der Waals surface area contributed by atoms with Crippen LogP contribution < -0.4 is 9.47 Å². The Morgan fingerprint density at radius 2 is 1.92 bits per heavy atom. The van der Waals surface area contributed by atoms with Crippen LogP contribution in [0.25, 0.3) is 10.9 Å². The van der Waals surface area contributed by atoms with E-state index in [2.05, 4.69) is 9.47 Å². The number of hydrogen-bond donors (Lipinski definition) is 2. The minimum Gasteiger partial charge on any atom is -0.395 e. The Labute approximate surface area is 219 Å². The highest BCUT2D eigenvalue weighted by Crippen LogP contribution is 2.52. The van der Waals surface area contributed by atoms with Crippen LogP contribution in [0.15, 0.2) is 36.4 Å². The van der Waals surface area contributed by atoms with Gasteiger partial charge in [0.1, 0.15) is 11.6 Å². The monoisotopic (exact) mass is 522 g/mol. The van der Waals surface area contributed by atoms with E-state index < -0.39 is 42.1 Å². The minimum atomic E-state index is -3.81. The Morgan fingerprint density at radius 3 is 2.57 bits per heavy atom. The molecule has 1 atom stereocenters. The normalized spacial score (nSPS) is 21.9. The second-order valence-electron chi connectivity index (χ2n) is 10.2. The van der Waals surface area contributed by atoms with Crippen LogP contribution in [-0.2, 0) is 28.5 Å². The summed E-state index contributed by atoms with van der Waals surface area (Å²) in [7, 11) is 0. The third-order valence-electron chi connectivity index (χ3n) is 7.46. The van der Waals surface area contributed by atoms with Crippen molar-refractivity contribution in [3.05, 3.63) is 59.0 Å². The van der Waals surface area contributed by atoms with Gasteiger partial charge in [-0.3, -0.25) is 4.79 Å². The lowest BCUT2D eigenvalue weighted by Gasteiger charge is -2.26. The summed E-state index contributed by atoms with van der Waals surface area (Å²) >= 11 is 0. The average Bonchev–Trinajstić information content (AvgIpc) is 3.50. The molecule has 2 aliphatic rings. The van der Waals surface area contributed by atoms with Crippen molar-refractivity contribution in [1.29, 1.82) is 0 Å². The number of aliphatic hydroxyl groups is 2. The van der Waals surface area contributed by atoms with Crippen LogP contribution in [0.3, 0.4) is 0 Å². The second-order valence-corrected chi connectivity index (χ2v) is 10.2. The van der Waals surface area contributed by atoms with Crippen molar-refractivity contribution >= 4 is 16.7 Å². The maximum absolute atomic E-state index is 15.6. The highest BCUT2D eigenvalue weighted by Gasteiger charge is 2.52. The van der Waals surface area contributed by atoms with Crippen LogP contribution in [0.5, 0.6) is 11.5 Å². The number of rotatable bonds is 9. The summed E-state index contributed by atoms with van der Waals surface area (Å²) in [6, 6.07) is 7.95. The first kappa shape index (κ1) is 20.0.